The lowest BCUT2D eigenvalue weighted by Gasteiger charge is -2.16. The van der Waals surface area contributed by atoms with Crippen molar-refractivity contribution in [3.8, 4) is 0 Å². The van der Waals surface area contributed by atoms with Crippen molar-refractivity contribution in [1.29, 1.82) is 0 Å². The number of methoxy groups -OCH3 is 1. The molecular formula is C10H21NO2. The van der Waals surface area contributed by atoms with Crippen LogP contribution in [0.25, 0.3) is 0 Å². The first kappa shape index (κ1) is 12.4. The van der Waals surface area contributed by atoms with Gasteiger partial charge in [0.15, 0.2) is 0 Å². The second kappa shape index (κ2) is 6.89. The molecule has 0 rings (SSSR count). The Bertz CT molecular complexity index is 148. The van der Waals surface area contributed by atoms with Gasteiger partial charge in [-0.25, -0.2) is 0 Å². The Morgan fingerprint density at radius 3 is 2.62 bits per heavy atom. The van der Waals surface area contributed by atoms with Crippen LogP contribution in [0.3, 0.4) is 0 Å². The summed E-state index contributed by atoms with van der Waals surface area (Å²) in [5.74, 6) is 0.313. The lowest BCUT2D eigenvalue weighted by molar-refractivity contribution is -0.141. The number of esters is 1. The molecule has 0 aromatic carbocycles. The van der Waals surface area contributed by atoms with E-state index in [4.69, 9.17) is 0 Å². The van der Waals surface area contributed by atoms with E-state index in [2.05, 4.69) is 30.5 Å². The van der Waals surface area contributed by atoms with E-state index in [1.165, 1.54) is 7.11 Å². The molecule has 13 heavy (non-hydrogen) atoms. The molecule has 1 unspecified atom stereocenters. The fraction of sp³-hybridized carbons (Fsp3) is 0.900. The van der Waals surface area contributed by atoms with Crippen molar-refractivity contribution >= 4 is 5.97 Å². The molecule has 0 aliphatic heterocycles. The molecule has 78 valence electrons. The summed E-state index contributed by atoms with van der Waals surface area (Å²) < 4.78 is 4.60. The van der Waals surface area contributed by atoms with Crippen molar-refractivity contribution in [3.05, 3.63) is 0 Å². The van der Waals surface area contributed by atoms with Gasteiger partial charge in [-0.3, -0.25) is 4.79 Å². The zero-order valence-electron chi connectivity index (χ0n) is 9.17. The third kappa shape index (κ3) is 6.58. The smallest absolute Gasteiger partial charge is 0.305 e. The molecule has 0 bridgehead atoms. The third-order valence-electron chi connectivity index (χ3n) is 2.29. The maximum Gasteiger partial charge on any atom is 0.305 e. The number of ether oxygens (including phenoxy) is 1. The summed E-state index contributed by atoms with van der Waals surface area (Å²) in [6, 6.07) is 0. The van der Waals surface area contributed by atoms with Crippen molar-refractivity contribution < 1.29 is 9.53 Å². The third-order valence-corrected chi connectivity index (χ3v) is 2.29. The minimum Gasteiger partial charge on any atom is -0.469 e. The molecule has 0 amide bonds. The molecule has 0 saturated heterocycles. The van der Waals surface area contributed by atoms with E-state index in [0.717, 1.165) is 19.5 Å². The van der Waals surface area contributed by atoms with E-state index in [9.17, 15) is 4.79 Å². The van der Waals surface area contributed by atoms with Crippen LogP contribution >= 0.6 is 0 Å². The van der Waals surface area contributed by atoms with Gasteiger partial charge in [-0.15, -0.1) is 0 Å². The zero-order chi connectivity index (χ0) is 10.3. The van der Waals surface area contributed by atoms with Crippen LogP contribution in [0, 0.1) is 5.92 Å². The number of hydrogen-bond acceptors (Lipinski definition) is 3. The number of carbonyl (C=O) groups is 1. The fourth-order valence-electron chi connectivity index (χ4n) is 1.07. The Balaban J connectivity index is 3.50. The summed E-state index contributed by atoms with van der Waals surface area (Å²) in [5.41, 5.74) is 0. The van der Waals surface area contributed by atoms with Gasteiger partial charge in [0.25, 0.3) is 0 Å². The van der Waals surface area contributed by atoms with Gasteiger partial charge in [-0.05, 0) is 32.5 Å². The molecule has 3 nitrogen and oxygen atoms in total. The summed E-state index contributed by atoms with van der Waals surface area (Å²) in [4.78, 5) is 13.1. The molecule has 0 saturated carbocycles. The van der Waals surface area contributed by atoms with Crippen LogP contribution in [0.15, 0.2) is 0 Å². The van der Waals surface area contributed by atoms with Gasteiger partial charge in [0.1, 0.15) is 0 Å². The van der Waals surface area contributed by atoms with Crippen molar-refractivity contribution in [2.45, 2.75) is 26.7 Å². The first-order chi connectivity index (χ1) is 6.10. The monoisotopic (exact) mass is 187 g/mol. The molecule has 0 spiro atoms. The second-order valence-corrected chi connectivity index (χ2v) is 3.57. The first-order valence-corrected chi connectivity index (χ1v) is 4.85. The highest BCUT2D eigenvalue weighted by molar-refractivity contribution is 5.69. The van der Waals surface area contributed by atoms with E-state index in [0.29, 0.717) is 12.3 Å². The summed E-state index contributed by atoms with van der Waals surface area (Å²) in [5, 5.41) is 0. The van der Waals surface area contributed by atoms with Crippen LogP contribution in [-0.4, -0.2) is 38.1 Å². The molecule has 0 fully saturated rings. The Morgan fingerprint density at radius 1 is 1.54 bits per heavy atom. The van der Waals surface area contributed by atoms with Gasteiger partial charge in [0.05, 0.1) is 7.11 Å². The van der Waals surface area contributed by atoms with Crippen LogP contribution in [-0.2, 0) is 9.53 Å². The number of rotatable bonds is 6. The van der Waals surface area contributed by atoms with Crippen LogP contribution in [0.4, 0.5) is 0 Å². The summed E-state index contributed by atoms with van der Waals surface area (Å²) in [6.07, 6.45) is 1.59. The Hall–Kier alpha value is -0.570. The first-order valence-electron chi connectivity index (χ1n) is 4.85. The Labute approximate surface area is 81.1 Å². The molecule has 0 heterocycles. The molecule has 0 radical (unpaired) electrons. The predicted octanol–water partition coefficient (Wildman–Crippen LogP) is 1.53. The van der Waals surface area contributed by atoms with Crippen molar-refractivity contribution in [2.24, 2.45) is 5.92 Å². The van der Waals surface area contributed by atoms with Gasteiger partial charge in [0, 0.05) is 6.42 Å². The quantitative estimate of drug-likeness (QED) is 0.591. The lowest BCUT2D eigenvalue weighted by Crippen LogP contribution is -2.21. The average molecular weight is 187 g/mol. The number of carbonyl (C=O) groups excluding carboxylic acids is 1. The van der Waals surface area contributed by atoms with Crippen molar-refractivity contribution in [1.82, 2.24) is 4.90 Å². The summed E-state index contributed by atoms with van der Waals surface area (Å²) >= 11 is 0. The van der Waals surface area contributed by atoms with Crippen LogP contribution < -0.4 is 0 Å². The molecule has 0 aromatic heterocycles. The van der Waals surface area contributed by atoms with Crippen LogP contribution in [0.2, 0.25) is 0 Å². The lowest BCUT2D eigenvalue weighted by atomic mass is 10.0. The van der Waals surface area contributed by atoms with Gasteiger partial charge < -0.3 is 9.64 Å². The van der Waals surface area contributed by atoms with E-state index in [-0.39, 0.29) is 5.97 Å². The summed E-state index contributed by atoms with van der Waals surface area (Å²) in [6.45, 7) is 6.32. The van der Waals surface area contributed by atoms with Gasteiger partial charge in [0.2, 0.25) is 0 Å². The predicted molar refractivity (Wildman–Crippen MR) is 53.6 cm³/mol. The Morgan fingerprint density at radius 2 is 2.15 bits per heavy atom. The van der Waals surface area contributed by atoms with Gasteiger partial charge in [-0.2, -0.15) is 0 Å². The molecule has 1 atom stereocenters. The zero-order valence-corrected chi connectivity index (χ0v) is 9.17. The largest absolute Gasteiger partial charge is 0.469 e. The SMILES string of the molecule is CCN(C)CCC(C)CC(=O)OC. The second-order valence-electron chi connectivity index (χ2n) is 3.57. The molecule has 0 aromatic rings. The number of hydrogen-bond donors (Lipinski definition) is 0. The maximum atomic E-state index is 10.9. The average Bonchev–Trinajstić information content (AvgIpc) is 2.13. The van der Waals surface area contributed by atoms with E-state index in [1.54, 1.807) is 0 Å². The fourth-order valence-corrected chi connectivity index (χ4v) is 1.07. The van der Waals surface area contributed by atoms with Gasteiger partial charge >= 0.3 is 5.97 Å². The molecule has 0 aliphatic rings. The van der Waals surface area contributed by atoms with Crippen LogP contribution in [0.1, 0.15) is 26.7 Å². The summed E-state index contributed by atoms with van der Waals surface area (Å²) in [7, 11) is 3.53. The molecular weight excluding hydrogens is 166 g/mol. The van der Waals surface area contributed by atoms with Crippen molar-refractivity contribution in [3.63, 3.8) is 0 Å². The molecule has 0 N–H and O–H groups in total. The van der Waals surface area contributed by atoms with Crippen molar-refractivity contribution in [2.75, 3.05) is 27.2 Å². The maximum absolute atomic E-state index is 10.9. The van der Waals surface area contributed by atoms with Gasteiger partial charge in [-0.1, -0.05) is 13.8 Å². The highest BCUT2D eigenvalue weighted by Crippen LogP contribution is 2.08. The Kier molecular flexibility index (Phi) is 6.59. The standard InChI is InChI=1S/C10H21NO2/c1-5-11(3)7-6-9(2)8-10(12)13-4/h9H,5-8H2,1-4H3. The normalized spacial score (nSPS) is 13.0. The topological polar surface area (TPSA) is 29.5 Å². The number of nitrogens with zero attached hydrogens (tertiary/aromatic N) is 1. The minimum atomic E-state index is -0.105. The molecule has 3 heteroatoms. The van der Waals surface area contributed by atoms with E-state index < -0.39 is 0 Å². The highest BCUT2D eigenvalue weighted by atomic mass is 16.5. The molecule has 0 aliphatic carbocycles. The highest BCUT2D eigenvalue weighted by Gasteiger charge is 2.09. The van der Waals surface area contributed by atoms with Crippen LogP contribution in [0.5, 0.6) is 0 Å². The minimum absolute atomic E-state index is 0.105. The van der Waals surface area contributed by atoms with E-state index >= 15 is 0 Å². The van der Waals surface area contributed by atoms with E-state index in [1.807, 2.05) is 0 Å².